The smallest absolute Gasteiger partial charge is 0.187 e. The molecule has 0 bridgehead atoms. The van der Waals surface area contributed by atoms with E-state index in [1.807, 2.05) is 23.6 Å². The molecule has 0 aliphatic heterocycles. The van der Waals surface area contributed by atoms with Crippen LogP contribution in [0.3, 0.4) is 0 Å². The van der Waals surface area contributed by atoms with Crippen LogP contribution in [0.5, 0.6) is 5.75 Å². The molecular weight excluding hydrogens is 516 g/mol. The standard InChI is InChI=1S/C25H19ClN6O2S2/c26-16-2-1-3-17(10-16)30-25-31-18(14-36-25)13-35-24-21(12-28)22(20(11-27)23(29)32-24)15-4-6-19(7-5-15)34-9-8-33/h1-7,10,14,33H,8-9,13H2,(H2,29,32)(H,30,31). The number of thioether (sulfide) groups is 1. The Hall–Kier alpha value is -3.80. The van der Waals surface area contributed by atoms with E-state index in [4.69, 9.17) is 27.2 Å². The lowest BCUT2D eigenvalue weighted by Crippen LogP contribution is -2.04. The van der Waals surface area contributed by atoms with Gasteiger partial charge in [0, 0.05) is 27.4 Å². The summed E-state index contributed by atoms with van der Waals surface area (Å²) in [5.74, 6) is 1.07. The number of rotatable bonds is 9. The predicted octanol–water partition coefficient (Wildman–Crippen LogP) is 5.59. The average molecular weight is 535 g/mol. The molecular formula is C25H19ClN6O2S2. The number of nitrogen functional groups attached to an aromatic ring is 1. The van der Waals surface area contributed by atoms with Crippen molar-refractivity contribution in [3.8, 4) is 29.0 Å². The van der Waals surface area contributed by atoms with Gasteiger partial charge in [-0.3, -0.25) is 0 Å². The van der Waals surface area contributed by atoms with Crippen molar-refractivity contribution in [2.75, 3.05) is 24.3 Å². The molecule has 4 rings (SSSR count). The summed E-state index contributed by atoms with van der Waals surface area (Å²) in [5, 5.41) is 35.6. The lowest BCUT2D eigenvalue weighted by molar-refractivity contribution is 0.201. The van der Waals surface area contributed by atoms with Crippen LogP contribution in [0.15, 0.2) is 58.9 Å². The first-order chi connectivity index (χ1) is 17.5. The Morgan fingerprint density at radius 2 is 1.89 bits per heavy atom. The summed E-state index contributed by atoms with van der Waals surface area (Å²) in [7, 11) is 0. The Morgan fingerprint density at radius 1 is 1.11 bits per heavy atom. The van der Waals surface area contributed by atoms with Gasteiger partial charge in [-0.15, -0.1) is 11.3 Å². The van der Waals surface area contributed by atoms with E-state index in [1.165, 1.54) is 23.1 Å². The van der Waals surface area contributed by atoms with Crippen molar-refractivity contribution in [3.05, 3.63) is 75.8 Å². The first kappa shape index (κ1) is 25.3. The maximum Gasteiger partial charge on any atom is 0.187 e. The predicted molar refractivity (Wildman–Crippen MR) is 143 cm³/mol. The second-order valence-corrected chi connectivity index (χ2v) is 9.57. The number of aliphatic hydroxyl groups is 1. The number of anilines is 3. The van der Waals surface area contributed by atoms with Crippen molar-refractivity contribution in [2.24, 2.45) is 0 Å². The van der Waals surface area contributed by atoms with E-state index in [0.29, 0.717) is 37.8 Å². The molecule has 0 fully saturated rings. The highest BCUT2D eigenvalue weighted by Crippen LogP contribution is 2.37. The van der Waals surface area contributed by atoms with Crippen molar-refractivity contribution in [1.82, 2.24) is 9.97 Å². The summed E-state index contributed by atoms with van der Waals surface area (Å²) in [6, 6.07) is 18.5. The van der Waals surface area contributed by atoms with E-state index in [-0.39, 0.29) is 30.2 Å². The van der Waals surface area contributed by atoms with Crippen LogP contribution in [0.4, 0.5) is 16.6 Å². The number of thiazole rings is 1. The quantitative estimate of drug-likeness (QED) is 0.234. The van der Waals surface area contributed by atoms with Gasteiger partial charge < -0.3 is 20.9 Å². The molecule has 36 heavy (non-hydrogen) atoms. The molecule has 0 amide bonds. The van der Waals surface area contributed by atoms with Gasteiger partial charge in [-0.25, -0.2) is 9.97 Å². The van der Waals surface area contributed by atoms with Crippen LogP contribution in [0.1, 0.15) is 16.8 Å². The largest absolute Gasteiger partial charge is 0.491 e. The third-order valence-corrected chi connectivity index (χ3v) is 6.95. The van der Waals surface area contributed by atoms with Crippen LogP contribution >= 0.6 is 34.7 Å². The normalized spacial score (nSPS) is 10.4. The topological polar surface area (TPSA) is 141 Å². The summed E-state index contributed by atoms with van der Waals surface area (Å²) >= 11 is 8.82. The summed E-state index contributed by atoms with van der Waals surface area (Å²) in [4.78, 5) is 8.94. The van der Waals surface area contributed by atoms with Gasteiger partial charge in [-0.1, -0.05) is 41.6 Å². The molecule has 11 heteroatoms. The Balaban J connectivity index is 1.58. The SMILES string of the molecule is N#Cc1c(N)nc(SCc2csc(Nc3cccc(Cl)c3)n2)c(C#N)c1-c1ccc(OCCO)cc1. The number of nitrogens with zero attached hydrogens (tertiary/aromatic N) is 4. The molecule has 0 radical (unpaired) electrons. The zero-order chi connectivity index (χ0) is 25.5. The van der Waals surface area contributed by atoms with Crippen LogP contribution in [-0.4, -0.2) is 28.3 Å². The number of halogens is 1. The lowest BCUT2D eigenvalue weighted by Gasteiger charge is -2.13. The fraction of sp³-hybridized carbons (Fsp3) is 0.120. The van der Waals surface area contributed by atoms with E-state index in [9.17, 15) is 10.5 Å². The monoisotopic (exact) mass is 534 g/mol. The minimum absolute atomic E-state index is 0.0520. The van der Waals surface area contributed by atoms with E-state index >= 15 is 0 Å². The second-order valence-electron chi connectivity index (χ2n) is 7.32. The zero-order valence-corrected chi connectivity index (χ0v) is 21.1. The van der Waals surface area contributed by atoms with E-state index in [0.717, 1.165) is 11.4 Å². The van der Waals surface area contributed by atoms with E-state index in [2.05, 4.69) is 27.4 Å². The van der Waals surface area contributed by atoms with Gasteiger partial charge in [0.25, 0.3) is 0 Å². The third kappa shape index (κ3) is 5.88. The number of benzene rings is 2. The zero-order valence-electron chi connectivity index (χ0n) is 18.7. The van der Waals surface area contributed by atoms with Gasteiger partial charge in [-0.05, 0) is 35.9 Å². The fourth-order valence-corrected chi connectivity index (χ4v) is 5.25. The highest BCUT2D eigenvalue weighted by molar-refractivity contribution is 7.98. The van der Waals surface area contributed by atoms with Gasteiger partial charge in [-0.2, -0.15) is 10.5 Å². The molecule has 4 aromatic rings. The Labute approximate surface area is 221 Å². The molecule has 0 spiro atoms. The first-order valence-corrected chi connectivity index (χ1v) is 12.8. The molecule has 0 saturated carbocycles. The van der Waals surface area contributed by atoms with Crippen molar-refractivity contribution < 1.29 is 9.84 Å². The second kappa shape index (κ2) is 11.8. The van der Waals surface area contributed by atoms with E-state index in [1.54, 1.807) is 30.3 Å². The maximum absolute atomic E-state index is 9.99. The fourth-order valence-electron chi connectivity index (χ4n) is 3.34. The molecule has 0 aliphatic rings. The summed E-state index contributed by atoms with van der Waals surface area (Å²) < 4.78 is 5.40. The van der Waals surface area contributed by atoms with Gasteiger partial charge >= 0.3 is 0 Å². The minimum Gasteiger partial charge on any atom is -0.491 e. The van der Waals surface area contributed by atoms with Crippen molar-refractivity contribution >= 4 is 51.3 Å². The number of pyridine rings is 1. The molecule has 0 unspecified atom stereocenters. The highest BCUT2D eigenvalue weighted by atomic mass is 35.5. The molecule has 2 aromatic heterocycles. The number of hydrogen-bond acceptors (Lipinski definition) is 10. The molecule has 0 atom stereocenters. The number of hydrogen-bond donors (Lipinski definition) is 3. The van der Waals surface area contributed by atoms with Crippen molar-refractivity contribution in [2.45, 2.75) is 10.8 Å². The first-order valence-electron chi connectivity index (χ1n) is 10.6. The molecule has 180 valence electrons. The van der Waals surface area contributed by atoms with Crippen LogP contribution in [-0.2, 0) is 5.75 Å². The molecule has 8 nitrogen and oxygen atoms in total. The van der Waals surface area contributed by atoms with Gasteiger partial charge in [0.2, 0.25) is 0 Å². The molecule has 2 aromatic carbocycles. The van der Waals surface area contributed by atoms with Crippen LogP contribution in [0, 0.1) is 22.7 Å². The van der Waals surface area contributed by atoms with Gasteiger partial charge in [0.15, 0.2) is 5.13 Å². The maximum atomic E-state index is 9.99. The van der Waals surface area contributed by atoms with Crippen molar-refractivity contribution in [1.29, 1.82) is 10.5 Å². The number of nitriles is 2. The summed E-state index contributed by atoms with van der Waals surface area (Å²) in [6.07, 6.45) is 0. The van der Waals surface area contributed by atoms with Crippen LogP contribution in [0.2, 0.25) is 5.02 Å². The number of nitrogens with one attached hydrogen (secondary N) is 1. The van der Waals surface area contributed by atoms with Gasteiger partial charge in [0.05, 0.1) is 17.9 Å². The molecule has 4 N–H and O–H groups in total. The van der Waals surface area contributed by atoms with E-state index < -0.39 is 0 Å². The van der Waals surface area contributed by atoms with Gasteiger partial charge in [0.1, 0.15) is 40.9 Å². The minimum atomic E-state index is -0.0997. The molecule has 0 aliphatic carbocycles. The number of aliphatic hydroxyl groups excluding tert-OH is 1. The van der Waals surface area contributed by atoms with Crippen LogP contribution in [0.25, 0.3) is 11.1 Å². The highest BCUT2D eigenvalue weighted by Gasteiger charge is 2.21. The molecule has 0 saturated heterocycles. The van der Waals surface area contributed by atoms with Crippen molar-refractivity contribution in [3.63, 3.8) is 0 Å². The summed E-state index contributed by atoms with van der Waals surface area (Å²) in [5.41, 5.74) is 9.22. The third-order valence-electron chi connectivity index (χ3n) is 4.90. The summed E-state index contributed by atoms with van der Waals surface area (Å²) in [6.45, 7) is 0.0692. The Morgan fingerprint density at radius 3 is 2.58 bits per heavy atom. The number of aromatic nitrogens is 2. The van der Waals surface area contributed by atoms with Crippen LogP contribution < -0.4 is 15.8 Å². The number of nitrogens with two attached hydrogens (primary N) is 1. The number of ether oxygens (including phenoxy) is 1. The Kier molecular flexibility index (Phi) is 8.26. The average Bonchev–Trinajstić information content (AvgIpc) is 3.33. The molecule has 2 heterocycles. The Bertz CT molecular complexity index is 1460. The lowest BCUT2D eigenvalue weighted by atomic mass is 9.97.